The number of anilines is 1. The topological polar surface area (TPSA) is 130 Å². The van der Waals surface area contributed by atoms with Crippen molar-refractivity contribution in [2.24, 2.45) is 0 Å². The molecule has 3 rings (SSSR count). The minimum atomic E-state index is -4.01. The summed E-state index contributed by atoms with van der Waals surface area (Å²) in [6.45, 7) is 4.75. The van der Waals surface area contributed by atoms with Crippen LogP contribution in [0.5, 0.6) is 5.75 Å². The van der Waals surface area contributed by atoms with Gasteiger partial charge in [0.05, 0.1) is 17.4 Å². The van der Waals surface area contributed by atoms with Gasteiger partial charge in [0.1, 0.15) is 11.4 Å². The first-order valence-electron chi connectivity index (χ1n) is 9.23. The number of rotatable bonds is 6. The molecule has 0 fully saturated rings. The molecule has 1 aliphatic heterocycles. The monoisotopic (exact) mass is 422 g/mol. The second-order valence-corrected chi connectivity index (χ2v) is 9.67. The maximum atomic E-state index is 12.1. The van der Waals surface area contributed by atoms with E-state index in [-0.39, 0.29) is 11.4 Å². The smallest absolute Gasteiger partial charge is 0.330 e. The Kier molecular flexibility index (Phi) is 5.18. The fourth-order valence-corrected chi connectivity index (χ4v) is 4.24. The Labute approximate surface area is 169 Å². The van der Waals surface area contributed by atoms with Crippen LogP contribution in [0.3, 0.4) is 0 Å². The van der Waals surface area contributed by atoms with Crippen LogP contribution in [0.2, 0.25) is 0 Å². The molecule has 5 N–H and O–H groups in total. The molecule has 2 aromatic carbocycles. The highest BCUT2D eigenvalue weighted by atomic mass is 32.2. The molecule has 2 aromatic rings. The maximum absolute atomic E-state index is 12.1. The number of nitrogens with zero attached hydrogens (tertiary/aromatic N) is 1. The van der Waals surface area contributed by atoms with E-state index >= 15 is 0 Å². The molecule has 0 aromatic heterocycles. The van der Waals surface area contributed by atoms with Gasteiger partial charge in [-0.15, -0.1) is 0 Å². The van der Waals surface area contributed by atoms with Crippen LogP contribution in [0.1, 0.15) is 39.2 Å². The van der Waals surface area contributed by atoms with Crippen molar-refractivity contribution >= 4 is 26.7 Å². The largest absolute Gasteiger partial charge is 0.506 e. The Morgan fingerprint density at radius 1 is 1.03 bits per heavy atom. The van der Waals surface area contributed by atoms with Crippen LogP contribution in [0.4, 0.5) is 5.69 Å². The fourth-order valence-electron chi connectivity index (χ4n) is 3.18. The number of phenols is 1. The normalized spacial score (nSPS) is 18.4. The molecule has 0 saturated carbocycles. The van der Waals surface area contributed by atoms with Gasteiger partial charge in [-0.05, 0) is 68.5 Å². The molecule has 1 heterocycles. The van der Waals surface area contributed by atoms with E-state index in [4.69, 9.17) is 0 Å². The third kappa shape index (κ3) is 4.26. The average molecular weight is 423 g/mol. The SMILES string of the molecule is CC(C)(O)C(C)(O)CCCc1ccc2cc(O)c(N3C=C(O)NS3(=O)=O)cc2c1. The Balaban J connectivity index is 1.85. The summed E-state index contributed by atoms with van der Waals surface area (Å²) in [5.41, 5.74) is -1.43. The van der Waals surface area contributed by atoms with E-state index < -0.39 is 27.3 Å². The number of hydrogen-bond donors (Lipinski definition) is 5. The number of benzene rings is 2. The van der Waals surface area contributed by atoms with Crippen LogP contribution in [0.25, 0.3) is 10.8 Å². The van der Waals surface area contributed by atoms with E-state index in [9.17, 15) is 28.8 Å². The standard InChI is InChI=1S/C20H26N2O6S/c1-19(2,25)20(3,26)8-4-5-13-6-7-14-11-17(23)16(10-15(14)9-13)22-12-18(24)21-29(22,27)28/h6-7,9-12,21,23-26H,4-5,8H2,1-3H3. The first kappa shape index (κ1) is 21.2. The molecule has 9 heteroatoms. The van der Waals surface area contributed by atoms with Gasteiger partial charge in [0.25, 0.3) is 0 Å². The lowest BCUT2D eigenvalue weighted by atomic mass is 9.83. The minimum Gasteiger partial charge on any atom is -0.506 e. The quantitative estimate of drug-likeness (QED) is 0.486. The molecule has 0 bridgehead atoms. The molecular weight excluding hydrogens is 396 g/mol. The van der Waals surface area contributed by atoms with Crippen molar-refractivity contribution in [2.75, 3.05) is 4.31 Å². The highest BCUT2D eigenvalue weighted by molar-refractivity contribution is 7.91. The second kappa shape index (κ2) is 7.08. The van der Waals surface area contributed by atoms with Crippen molar-refractivity contribution in [3.63, 3.8) is 0 Å². The lowest BCUT2D eigenvalue weighted by molar-refractivity contribution is -0.124. The van der Waals surface area contributed by atoms with Crippen molar-refractivity contribution in [3.05, 3.63) is 48.0 Å². The Hall–Kier alpha value is -2.49. The molecule has 29 heavy (non-hydrogen) atoms. The molecule has 0 saturated heterocycles. The molecule has 0 spiro atoms. The zero-order valence-corrected chi connectivity index (χ0v) is 17.4. The average Bonchev–Trinajstić information content (AvgIpc) is 2.85. The van der Waals surface area contributed by atoms with Crippen molar-refractivity contribution in [1.29, 1.82) is 0 Å². The molecule has 0 radical (unpaired) electrons. The molecule has 1 aliphatic rings. The van der Waals surface area contributed by atoms with Crippen LogP contribution in [-0.4, -0.2) is 40.0 Å². The van der Waals surface area contributed by atoms with Gasteiger partial charge in [0.2, 0.25) is 5.88 Å². The number of nitrogens with one attached hydrogen (secondary N) is 1. The molecule has 1 atom stereocenters. The van der Waals surface area contributed by atoms with Crippen LogP contribution in [0, 0.1) is 0 Å². The van der Waals surface area contributed by atoms with Crippen molar-refractivity contribution in [3.8, 4) is 5.75 Å². The first-order valence-corrected chi connectivity index (χ1v) is 10.7. The highest BCUT2D eigenvalue weighted by Gasteiger charge is 2.36. The second-order valence-electron chi connectivity index (χ2n) is 8.13. The molecule has 1 unspecified atom stereocenters. The van der Waals surface area contributed by atoms with E-state index in [0.29, 0.717) is 19.3 Å². The van der Waals surface area contributed by atoms with Crippen LogP contribution < -0.4 is 9.03 Å². The molecule has 158 valence electrons. The Morgan fingerprint density at radius 3 is 2.31 bits per heavy atom. The predicted octanol–water partition coefficient (Wildman–Crippen LogP) is 2.40. The fraction of sp³-hybridized carbons (Fsp3) is 0.400. The van der Waals surface area contributed by atoms with Crippen molar-refractivity contribution in [2.45, 2.75) is 51.2 Å². The zero-order valence-electron chi connectivity index (χ0n) is 16.5. The Morgan fingerprint density at radius 2 is 1.72 bits per heavy atom. The van der Waals surface area contributed by atoms with E-state index in [1.165, 1.54) is 12.1 Å². The van der Waals surface area contributed by atoms with E-state index in [2.05, 4.69) is 0 Å². The summed E-state index contributed by atoms with van der Waals surface area (Å²) in [5.74, 6) is -0.764. The lowest BCUT2D eigenvalue weighted by Crippen LogP contribution is -2.47. The van der Waals surface area contributed by atoms with Crippen molar-refractivity contribution < 1.29 is 28.8 Å². The molecule has 0 amide bonds. The summed E-state index contributed by atoms with van der Waals surface area (Å²) in [5, 5.41) is 41.6. The van der Waals surface area contributed by atoms with Gasteiger partial charge < -0.3 is 20.4 Å². The number of aliphatic hydroxyl groups excluding tert-OH is 1. The van der Waals surface area contributed by atoms with E-state index in [1.807, 2.05) is 22.9 Å². The van der Waals surface area contributed by atoms with Gasteiger partial charge in [-0.25, -0.2) is 9.03 Å². The van der Waals surface area contributed by atoms with Gasteiger partial charge in [-0.2, -0.15) is 8.42 Å². The summed E-state index contributed by atoms with van der Waals surface area (Å²) >= 11 is 0. The van der Waals surface area contributed by atoms with Gasteiger partial charge in [-0.3, -0.25) is 0 Å². The molecular formula is C20H26N2O6S. The number of fused-ring (bicyclic) bond motifs is 1. The van der Waals surface area contributed by atoms with Gasteiger partial charge in [0.15, 0.2) is 0 Å². The highest BCUT2D eigenvalue weighted by Crippen LogP contribution is 2.36. The van der Waals surface area contributed by atoms with Gasteiger partial charge in [-0.1, -0.05) is 18.2 Å². The number of aromatic hydroxyl groups is 1. The summed E-state index contributed by atoms with van der Waals surface area (Å²) in [7, 11) is -4.01. The third-order valence-electron chi connectivity index (χ3n) is 5.41. The number of phenolic OH excluding ortho intramolecular Hbond substituents is 1. The maximum Gasteiger partial charge on any atom is 0.330 e. The minimum absolute atomic E-state index is 0.0242. The lowest BCUT2D eigenvalue weighted by Gasteiger charge is -2.35. The Bertz CT molecular complexity index is 1070. The van der Waals surface area contributed by atoms with E-state index in [1.54, 1.807) is 20.8 Å². The number of hydrogen-bond acceptors (Lipinski definition) is 6. The summed E-state index contributed by atoms with van der Waals surface area (Å²) in [4.78, 5) is 0. The first-order chi connectivity index (χ1) is 13.3. The summed E-state index contributed by atoms with van der Waals surface area (Å²) in [6.07, 6.45) is 2.70. The van der Waals surface area contributed by atoms with Gasteiger partial charge >= 0.3 is 10.2 Å². The summed E-state index contributed by atoms with van der Waals surface area (Å²) in [6, 6.07) is 8.62. The number of aryl methyl sites for hydroxylation is 1. The summed E-state index contributed by atoms with van der Waals surface area (Å²) < 4.78 is 26.9. The predicted molar refractivity (Wildman–Crippen MR) is 111 cm³/mol. The van der Waals surface area contributed by atoms with Crippen LogP contribution in [0.15, 0.2) is 42.4 Å². The van der Waals surface area contributed by atoms with Crippen molar-refractivity contribution in [1.82, 2.24) is 4.72 Å². The zero-order chi connectivity index (χ0) is 21.6. The van der Waals surface area contributed by atoms with Gasteiger partial charge in [0, 0.05) is 0 Å². The van der Waals surface area contributed by atoms with Crippen LogP contribution in [-0.2, 0) is 16.6 Å². The number of aliphatic hydroxyl groups is 3. The van der Waals surface area contributed by atoms with E-state index in [0.717, 1.165) is 26.8 Å². The molecule has 0 aliphatic carbocycles. The molecule has 8 nitrogen and oxygen atoms in total. The third-order valence-corrected chi connectivity index (χ3v) is 6.70. The van der Waals surface area contributed by atoms with Crippen LogP contribution >= 0.6 is 0 Å².